The number of nitrogens with one attached hydrogen (secondary N) is 1. The van der Waals surface area contributed by atoms with Crippen LogP contribution >= 0.6 is 22.7 Å². The van der Waals surface area contributed by atoms with Crippen LogP contribution in [0.15, 0.2) is 17.5 Å². The summed E-state index contributed by atoms with van der Waals surface area (Å²) in [7, 11) is 0. The van der Waals surface area contributed by atoms with Crippen molar-refractivity contribution in [1.82, 2.24) is 10.3 Å². The highest BCUT2D eigenvalue weighted by Gasteiger charge is 2.16. The number of thiazole rings is 1. The molecule has 0 bridgehead atoms. The van der Waals surface area contributed by atoms with Gasteiger partial charge in [0.15, 0.2) is 0 Å². The first-order valence-corrected chi connectivity index (χ1v) is 7.97. The molecule has 98 valence electrons. The van der Waals surface area contributed by atoms with Crippen molar-refractivity contribution >= 4 is 22.7 Å². The second kappa shape index (κ2) is 5.95. The van der Waals surface area contributed by atoms with Crippen molar-refractivity contribution < 1.29 is 0 Å². The van der Waals surface area contributed by atoms with Gasteiger partial charge >= 0.3 is 0 Å². The molecule has 1 unspecified atom stereocenters. The molecular weight excluding hydrogens is 260 g/mol. The zero-order chi connectivity index (χ0) is 13.1. The normalized spacial score (nSPS) is 13.2. The highest BCUT2D eigenvalue weighted by molar-refractivity contribution is 7.11. The third-order valence-corrected chi connectivity index (χ3v) is 5.09. The predicted molar refractivity (Wildman–Crippen MR) is 80.3 cm³/mol. The second-order valence-corrected chi connectivity index (χ2v) is 7.13. The van der Waals surface area contributed by atoms with Crippen LogP contribution in [0.4, 0.5) is 0 Å². The SMILES string of the molecule is Cc1nc(CNC(c2cccs2)C(C)C)sc1C. The molecule has 0 saturated carbocycles. The summed E-state index contributed by atoms with van der Waals surface area (Å²) in [6.45, 7) is 9.59. The predicted octanol–water partition coefficient (Wildman–Crippen LogP) is 4.31. The maximum Gasteiger partial charge on any atom is 0.107 e. The molecule has 0 aliphatic heterocycles. The van der Waals surface area contributed by atoms with Crippen molar-refractivity contribution in [2.45, 2.75) is 40.3 Å². The Labute approximate surface area is 117 Å². The lowest BCUT2D eigenvalue weighted by atomic mass is 10.0. The minimum Gasteiger partial charge on any atom is -0.303 e. The van der Waals surface area contributed by atoms with Crippen LogP contribution in [0, 0.1) is 19.8 Å². The third-order valence-electron chi connectivity index (χ3n) is 3.06. The van der Waals surface area contributed by atoms with E-state index in [1.54, 1.807) is 11.3 Å². The van der Waals surface area contributed by atoms with Gasteiger partial charge in [0.05, 0.1) is 5.69 Å². The van der Waals surface area contributed by atoms with Gasteiger partial charge in [-0.1, -0.05) is 19.9 Å². The Balaban J connectivity index is 2.02. The summed E-state index contributed by atoms with van der Waals surface area (Å²) in [6, 6.07) is 4.75. The highest BCUT2D eigenvalue weighted by Crippen LogP contribution is 2.26. The van der Waals surface area contributed by atoms with E-state index in [0.717, 1.165) is 12.2 Å². The number of hydrogen-bond acceptors (Lipinski definition) is 4. The molecular formula is C14H20N2S2. The Bertz CT molecular complexity index is 466. The zero-order valence-corrected chi connectivity index (χ0v) is 13.0. The topological polar surface area (TPSA) is 24.9 Å². The van der Waals surface area contributed by atoms with Gasteiger partial charge < -0.3 is 5.32 Å². The molecule has 1 N–H and O–H groups in total. The fourth-order valence-corrected chi connectivity index (χ4v) is 3.80. The summed E-state index contributed by atoms with van der Waals surface area (Å²) < 4.78 is 0. The smallest absolute Gasteiger partial charge is 0.107 e. The molecule has 4 heteroatoms. The first-order valence-electron chi connectivity index (χ1n) is 6.27. The molecule has 0 aliphatic rings. The molecule has 2 rings (SSSR count). The summed E-state index contributed by atoms with van der Waals surface area (Å²) in [5.74, 6) is 0.589. The van der Waals surface area contributed by atoms with Crippen LogP contribution in [-0.4, -0.2) is 4.98 Å². The van der Waals surface area contributed by atoms with Crippen molar-refractivity contribution in [2.24, 2.45) is 5.92 Å². The number of rotatable bonds is 5. The van der Waals surface area contributed by atoms with E-state index in [1.165, 1.54) is 14.8 Å². The van der Waals surface area contributed by atoms with E-state index in [-0.39, 0.29) is 0 Å². The monoisotopic (exact) mass is 280 g/mol. The molecule has 2 nitrogen and oxygen atoms in total. The van der Waals surface area contributed by atoms with Gasteiger partial charge in [-0.15, -0.1) is 22.7 Å². The molecule has 1 atom stereocenters. The number of thiophene rings is 1. The van der Waals surface area contributed by atoms with E-state index in [9.17, 15) is 0 Å². The summed E-state index contributed by atoms with van der Waals surface area (Å²) in [6.07, 6.45) is 0. The average Bonchev–Trinajstić information content (AvgIpc) is 2.90. The lowest BCUT2D eigenvalue weighted by molar-refractivity contribution is 0.416. The molecule has 0 aromatic carbocycles. The lowest BCUT2D eigenvalue weighted by Gasteiger charge is -2.20. The fourth-order valence-electron chi connectivity index (χ4n) is 1.95. The molecule has 18 heavy (non-hydrogen) atoms. The van der Waals surface area contributed by atoms with Gasteiger partial charge in [0.25, 0.3) is 0 Å². The van der Waals surface area contributed by atoms with Crippen molar-refractivity contribution in [3.05, 3.63) is 38.0 Å². The molecule has 0 amide bonds. The molecule has 0 fully saturated rings. The molecule has 0 saturated heterocycles. The molecule has 2 heterocycles. The van der Waals surface area contributed by atoms with E-state index < -0.39 is 0 Å². The molecule has 2 aromatic rings. The molecule has 0 radical (unpaired) electrons. The van der Waals surface area contributed by atoms with E-state index >= 15 is 0 Å². The van der Waals surface area contributed by atoms with Crippen LogP contribution < -0.4 is 5.32 Å². The van der Waals surface area contributed by atoms with Gasteiger partial charge in [0, 0.05) is 22.3 Å². The van der Waals surface area contributed by atoms with Crippen LogP contribution in [0.25, 0.3) is 0 Å². The fraction of sp³-hybridized carbons (Fsp3) is 0.500. The van der Waals surface area contributed by atoms with Crippen LogP contribution in [0.2, 0.25) is 0 Å². The van der Waals surface area contributed by atoms with Crippen molar-refractivity contribution in [3.8, 4) is 0 Å². The summed E-state index contributed by atoms with van der Waals surface area (Å²) in [4.78, 5) is 7.32. The first-order chi connectivity index (χ1) is 8.58. The van der Waals surface area contributed by atoms with Crippen LogP contribution in [0.1, 0.15) is 40.3 Å². The Morgan fingerprint density at radius 2 is 2.11 bits per heavy atom. The van der Waals surface area contributed by atoms with Crippen molar-refractivity contribution in [2.75, 3.05) is 0 Å². The zero-order valence-electron chi connectivity index (χ0n) is 11.4. The largest absolute Gasteiger partial charge is 0.303 e. The molecule has 2 aromatic heterocycles. The maximum absolute atomic E-state index is 4.58. The summed E-state index contributed by atoms with van der Waals surface area (Å²) >= 11 is 3.62. The van der Waals surface area contributed by atoms with Gasteiger partial charge in [0.1, 0.15) is 5.01 Å². The number of nitrogens with zero attached hydrogens (tertiary/aromatic N) is 1. The highest BCUT2D eigenvalue weighted by atomic mass is 32.1. The Morgan fingerprint density at radius 3 is 2.61 bits per heavy atom. The maximum atomic E-state index is 4.58. The van der Waals surface area contributed by atoms with Gasteiger partial charge in [-0.2, -0.15) is 0 Å². The Morgan fingerprint density at radius 1 is 1.33 bits per heavy atom. The van der Waals surface area contributed by atoms with Gasteiger partial charge in [0.2, 0.25) is 0 Å². The molecule has 0 spiro atoms. The lowest BCUT2D eigenvalue weighted by Crippen LogP contribution is -2.24. The van der Waals surface area contributed by atoms with Crippen molar-refractivity contribution in [3.63, 3.8) is 0 Å². The van der Waals surface area contributed by atoms with Crippen LogP contribution in [0.3, 0.4) is 0 Å². The molecule has 0 aliphatic carbocycles. The van der Waals surface area contributed by atoms with Crippen molar-refractivity contribution in [1.29, 1.82) is 0 Å². The quantitative estimate of drug-likeness (QED) is 0.883. The van der Waals surface area contributed by atoms with E-state index in [0.29, 0.717) is 12.0 Å². The van der Waals surface area contributed by atoms with E-state index in [1.807, 2.05) is 11.3 Å². The first kappa shape index (κ1) is 13.7. The number of hydrogen-bond donors (Lipinski definition) is 1. The Kier molecular flexibility index (Phi) is 4.54. The summed E-state index contributed by atoms with van der Waals surface area (Å²) in [5.41, 5.74) is 1.16. The minimum atomic E-state index is 0.425. The van der Waals surface area contributed by atoms with E-state index in [2.05, 4.69) is 55.5 Å². The van der Waals surface area contributed by atoms with Crippen LogP contribution in [0.5, 0.6) is 0 Å². The minimum absolute atomic E-state index is 0.425. The second-order valence-electron chi connectivity index (χ2n) is 4.87. The van der Waals surface area contributed by atoms with Gasteiger partial charge in [-0.3, -0.25) is 0 Å². The number of aryl methyl sites for hydroxylation is 2. The Hall–Kier alpha value is -0.710. The van der Waals surface area contributed by atoms with Crippen LogP contribution in [-0.2, 0) is 6.54 Å². The summed E-state index contributed by atoms with van der Waals surface area (Å²) in [5, 5.41) is 6.97. The third kappa shape index (κ3) is 3.19. The van der Waals surface area contributed by atoms with Gasteiger partial charge in [-0.05, 0) is 31.2 Å². The average molecular weight is 280 g/mol. The standard InChI is InChI=1S/C14H20N2S2/c1-9(2)14(12-6-5-7-17-12)15-8-13-16-10(3)11(4)18-13/h5-7,9,14-15H,8H2,1-4H3. The van der Waals surface area contributed by atoms with E-state index in [4.69, 9.17) is 0 Å². The number of aromatic nitrogens is 1. The van der Waals surface area contributed by atoms with Gasteiger partial charge in [-0.25, -0.2) is 4.98 Å².